The van der Waals surface area contributed by atoms with Gasteiger partial charge in [-0.15, -0.1) is 0 Å². The van der Waals surface area contributed by atoms with Crippen LogP contribution in [0, 0.1) is 37.5 Å². The summed E-state index contributed by atoms with van der Waals surface area (Å²) >= 11 is 0. The lowest BCUT2D eigenvalue weighted by molar-refractivity contribution is 0.214. The van der Waals surface area contributed by atoms with Gasteiger partial charge in [-0.25, -0.2) is 0 Å². The fourth-order valence-corrected chi connectivity index (χ4v) is 5.15. The third kappa shape index (κ3) is 14.7. The second kappa shape index (κ2) is 21.2. The van der Waals surface area contributed by atoms with Crippen molar-refractivity contribution in [3.05, 3.63) is 64.9 Å². The van der Waals surface area contributed by atoms with Crippen molar-refractivity contribution in [2.24, 2.45) is 29.4 Å². The summed E-state index contributed by atoms with van der Waals surface area (Å²) in [6.07, 6.45) is 11.7. The van der Waals surface area contributed by atoms with Crippen LogP contribution in [0.5, 0.6) is 0 Å². The lowest BCUT2D eigenvalue weighted by Crippen LogP contribution is -2.19. The minimum Gasteiger partial charge on any atom is -0.399 e. The van der Waals surface area contributed by atoms with Gasteiger partial charge in [0.05, 0.1) is 0 Å². The largest absolute Gasteiger partial charge is 0.399 e. The van der Waals surface area contributed by atoms with Crippen LogP contribution in [-0.2, 0) is 0 Å². The zero-order valence-corrected chi connectivity index (χ0v) is 27.2. The summed E-state index contributed by atoms with van der Waals surface area (Å²) in [7, 11) is 0. The zero-order valence-electron chi connectivity index (χ0n) is 27.2. The Hall–Kier alpha value is -1.76. The van der Waals surface area contributed by atoms with E-state index in [9.17, 15) is 0 Å². The molecule has 0 aliphatic heterocycles. The van der Waals surface area contributed by atoms with E-state index in [1.807, 2.05) is 13.8 Å². The summed E-state index contributed by atoms with van der Waals surface area (Å²) < 4.78 is 0. The first-order chi connectivity index (χ1) is 17.4. The average Bonchev–Trinajstić information content (AvgIpc) is 2.93. The summed E-state index contributed by atoms with van der Waals surface area (Å²) in [5, 5.41) is 0. The number of hydrogen-bond donors (Lipinski definition) is 1. The number of aryl methyl sites for hydroxylation is 1. The van der Waals surface area contributed by atoms with E-state index in [1.54, 1.807) is 0 Å². The second-order valence-electron chi connectivity index (χ2n) is 11.5. The highest BCUT2D eigenvalue weighted by Crippen LogP contribution is 2.35. The van der Waals surface area contributed by atoms with E-state index in [-0.39, 0.29) is 0 Å². The van der Waals surface area contributed by atoms with E-state index >= 15 is 0 Å². The van der Waals surface area contributed by atoms with Gasteiger partial charge in [0.1, 0.15) is 0 Å². The van der Waals surface area contributed by atoms with Gasteiger partial charge in [0, 0.05) is 5.70 Å². The predicted molar refractivity (Wildman–Crippen MR) is 173 cm³/mol. The standard InChI is InChI=1S/C16H21N.C14H28.C4H10.C2H6/c1-10(2)16(13(5)14(6)17)15-9-7-8-11(3)12(15)4;1-4-13-10-8-6-7-9-11-14(5-2)12(13)3;1-4(2)3;1-2/h7-9H,5-6,17H2,1-4H3;12-14H,4-11H2,1-3H3;4H,1-3H3;1-2H3/t;12?,13-,14?;;/m.0../s1. The van der Waals surface area contributed by atoms with Crippen LogP contribution in [0.15, 0.2) is 48.2 Å². The van der Waals surface area contributed by atoms with Crippen molar-refractivity contribution in [1.82, 2.24) is 0 Å². The first-order valence-corrected chi connectivity index (χ1v) is 15.3. The van der Waals surface area contributed by atoms with Crippen LogP contribution in [0.2, 0.25) is 0 Å². The van der Waals surface area contributed by atoms with Gasteiger partial charge in [0.15, 0.2) is 0 Å². The molecule has 1 saturated carbocycles. The third-order valence-corrected chi connectivity index (χ3v) is 7.50. The molecule has 0 aromatic heterocycles. The van der Waals surface area contributed by atoms with Gasteiger partial charge in [-0.2, -0.15) is 0 Å². The van der Waals surface area contributed by atoms with Crippen molar-refractivity contribution >= 4 is 5.57 Å². The second-order valence-corrected chi connectivity index (χ2v) is 11.5. The molecule has 0 bridgehead atoms. The number of allylic oxidation sites excluding steroid dienone is 2. The highest BCUT2D eigenvalue weighted by atomic mass is 14.6. The lowest BCUT2D eigenvalue weighted by atomic mass is 9.77. The van der Waals surface area contributed by atoms with Crippen LogP contribution in [0.1, 0.15) is 137 Å². The average molecular weight is 512 g/mol. The normalized spacial score (nSPS) is 19.2. The molecule has 1 aliphatic carbocycles. The summed E-state index contributed by atoms with van der Waals surface area (Å²) in [4.78, 5) is 0. The van der Waals surface area contributed by atoms with E-state index < -0.39 is 0 Å². The fourth-order valence-electron chi connectivity index (χ4n) is 5.15. The Labute approximate surface area is 234 Å². The Kier molecular flexibility index (Phi) is 21.4. The van der Waals surface area contributed by atoms with E-state index in [1.165, 1.54) is 73.6 Å². The molecule has 2 unspecified atom stereocenters. The van der Waals surface area contributed by atoms with Crippen LogP contribution in [0.25, 0.3) is 5.57 Å². The van der Waals surface area contributed by atoms with Crippen LogP contribution in [0.4, 0.5) is 0 Å². The van der Waals surface area contributed by atoms with Crippen LogP contribution in [0.3, 0.4) is 0 Å². The molecule has 37 heavy (non-hydrogen) atoms. The number of hydrogen-bond acceptors (Lipinski definition) is 1. The first kappa shape index (κ1) is 37.4. The summed E-state index contributed by atoms with van der Waals surface area (Å²) in [5.74, 6) is 3.83. The van der Waals surface area contributed by atoms with Gasteiger partial charge in [0.2, 0.25) is 0 Å². The van der Waals surface area contributed by atoms with Crippen LogP contribution in [-0.4, -0.2) is 0 Å². The Balaban J connectivity index is 0. The van der Waals surface area contributed by atoms with Gasteiger partial charge >= 0.3 is 0 Å². The van der Waals surface area contributed by atoms with Crippen molar-refractivity contribution in [3.8, 4) is 0 Å². The monoisotopic (exact) mass is 512 g/mol. The fraction of sp³-hybridized carbons (Fsp3) is 0.667. The molecule has 0 saturated heterocycles. The van der Waals surface area contributed by atoms with Gasteiger partial charge in [-0.05, 0) is 79.2 Å². The minimum atomic E-state index is 0.530. The maximum Gasteiger partial charge on any atom is 0.0314 e. The molecule has 3 atom stereocenters. The quantitative estimate of drug-likeness (QED) is 0.391. The van der Waals surface area contributed by atoms with Crippen LogP contribution < -0.4 is 5.73 Å². The third-order valence-electron chi connectivity index (χ3n) is 7.50. The molecule has 1 aromatic carbocycles. The van der Waals surface area contributed by atoms with Gasteiger partial charge in [0.25, 0.3) is 0 Å². The molecule has 2 rings (SSSR count). The SMILES string of the molecule is C=C(N)C(=C)C(=C(C)C)c1cccc(C)c1C.CC.CC(C)C.CCC1CCCCCC[C@H](CC)C1C. The number of nitrogens with two attached hydrogens (primary N) is 1. The van der Waals surface area contributed by atoms with E-state index in [0.717, 1.165) is 34.8 Å². The Bertz CT molecular complexity index is 772. The maximum absolute atomic E-state index is 5.77. The zero-order chi connectivity index (χ0) is 29.1. The van der Waals surface area contributed by atoms with Crippen molar-refractivity contribution < 1.29 is 0 Å². The number of benzene rings is 1. The molecule has 214 valence electrons. The maximum atomic E-state index is 5.77. The Morgan fingerprint density at radius 2 is 1.32 bits per heavy atom. The first-order valence-electron chi connectivity index (χ1n) is 15.3. The van der Waals surface area contributed by atoms with Crippen molar-refractivity contribution in [2.75, 3.05) is 0 Å². The molecule has 0 heterocycles. The molecular weight excluding hydrogens is 446 g/mol. The van der Waals surface area contributed by atoms with Crippen molar-refractivity contribution in [2.45, 2.75) is 134 Å². The summed E-state index contributed by atoms with van der Waals surface area (Å²) in [6.45, 7) is 34.0. The molecule has 0 amide bonds. The molecule has 1 heteroatoms. The predicted octanol–water partition coefficient (Wildman–Crippen LogP) is 11.8. The van der Waals surface area contributed by atoms with E-state index in [2.05, 4.69) is 101 Å². The molecule has 1 aromatic rings. The van der Waals surface area contributed by atoms with Crippen LogP contribution >= 0.6 is 0 Å². The van der Waals surface area contributed by atoms with Crippen molar-refractivity contribution in [1.29, 1.82) is 0 Å². The van der Waals surface area contributed by atoms with E-state index in [0.29, 0.717) is 5.70 Å². The molecule has 1 nitrogen and oxygen atoms in total. The molecule has 0 spiro atoms. The molecule has 2 N–H and O–H groups in total. The minimum absolute atomic E-state index is 0.530. The summed E-state index contributed by atoms with van der Waals surface area (Å²) in [5.41, 5.74) is 13.2. The van der Waals surface area contributed by atoms with Gasteiger partial charge < -0.3 is 5.73 Å². The number of rotatable bonds is 5. The molecule has 1 fully saturated rings. The molecular formula is C36H65N. The van der Waals surface area contributed by atoms with Crippen molar-refractivity contribution in [3.63, 3.8) is 0 Å². The Morgan fingerprint density at radius 1 is 0.892 bits per heavy atom. The highest BCUT2D eigenvalue weighted by Gasteiger charge is 2.23. The van der Waals surface area contributed by atoms with Gasteiger partial charge in [-0.1, -0.05) is 144 Å². The smallest absolute Gasteiger partial charge is 0.0314 e. The van der Waals surface area contributed by atoms with Gasteiger partial charge in [-0.3, -0.25) is 0 Å². The Morgan fingerprint density at radius 3 is 1.68 bits per heavy atom. The lowest BCUT2D eigenvalue weighted by Gasteiger charge is -2.29. The highest BCUT2D eigenvalue weighted by molar-refractivity contribution is 5.85. The molecule has 0 radical (unpaired) electrons. The van der Waals surface area contributed by atoms with E-state index in [4.69, 9.17) is 5.73 Å². The molecule has 1 aliphatic rings. The summed E-state index contributed by atoms with van der Waals surface area (Å²) in [6, 6.07) is 6.29. The topological polar surface area (TPSA) is 26.0 Å².